The molecule has 0 amide bonds. The third-order valence-electron chi connectivity index (χ3n) is 2.82. The van der Waals surface area contributed by atoms with Crippen LogP contribution in [0, 0.1) is 0 Å². The third kappa shape index (κ3) is 17.9. The highest BCUT2D eigenvalue weighted by Crippen LogP contribution is 2.07. The van der Waals surface area contributed by atoms with Crippen molar-refractivity contribution >= 4 is 33.7 Å². The van der Waals surface area contributed by atoms with E-state index in [2.05, 4.69) is 0 Å². The van der Waals surface area contributed by atoms with Crippen molar-refractivity contribution in [3.8, 4) is 0 Å². The Balaban J connectivity index is 2.99. The van der Waals surface area contributed by atoms with Gasteiger partial charge in [0.05, 0.1) is 0 Å². The molecule has 0 aliphatic heterocycles. The summed E-state index contributed by atoms with van der Waals surface area (Å²) in [6, 6.07) is 0. The first-order valence-electron chi connectivity index (χ1n) is 7.07. The van der Waals surface area contributed by atoms with E-state index in [1.54, 1.807) is 0 Å². The highest BCUT2D eigenvalue weighted by atomic mass is 35.5. The largest absolute Gasteiger partial charge is 0.381 e. The Morgan fingerprint density at radius 1 is 0.632 bits per heavy atom. The van der Waals surface area contributed by atoms with Crippen LogP contribution in [0.1, 0.15) is 64.2 Å². The lowest BCUT2D eigenvalue weighted by Gasteiger charge is -2.04. The molecule has 0 aromatic rings. The summed E-state index contributed by atoms with van der Waals surface area (Å²) < 4.78 is 5.50. The molecule has 0 saturated heterocycles. The molecule has 0 aromatic heterocycles. The molecule has 19 heavy (non-hydrogen) atoms. The first-order valence-corrected chi connectivity index (χ1v) is 7.83. The average Bonchev–Trinajstić information content (AvgIpc) is 2.34. The van der Waals surface area contributed by atoms with Crippen LogP contribution < -0.4 is 0 Å². The second kappa shape index (κ2) is 14.3. The lowest BCUT2D eigenvalue weighted by Crippen LogP contribution is -1.97. The van der Waals surface area contributed by atoms with Crippen LogP contribution in [0.25, 0.3) is 0 Å². The van der Waals surface area contributed by atoms with Crippen LogP contribution in [0.5, 0.6) is 0 Å². The third-order valence-corrected chi connectivity index (χ3v) is 3.20. The zero-order valence-electron chi connectivity index (χ0n) is 11.5. The number of carbonyl (C=O) groups excluding carboxylic acids is 2. The summed E-state index contributed by atoms with van der Waals surface area (Å²) >= 11 is 10.5. The van der Waals surface area contributed by atoms with Gasteiger partial charge in [-0.3, -0.25) is 9.59 Å². The minimum atomic E-state index is -0.243. The molecular weight excluding hydrogens is 287 g/mol. The van der Waals surface area contributed by atoms with E-state index in [1.165, 1.54) is 0 Å². The molecular formula is C14H24Cl2O3. The SMILES string of the molecule is O=C(Cl)CCCCCCOCCCCCCC(=O)Cl. The van der Waals surface area contributed by atoms with Gasteiger partial charge in [-0.2, -0.15) is 0 Å². The van der Waals surface area contributed by atoms with Gasteiger partial charge >= 0.3 is 0 Å². The zero-order chi connectivity index (χ0) is 14.3. The monoisotopic (exact) mass is 310 g/mol. The number of carbonyl (C=O) groups is 2. The van der Waals surface area contributed by atoms with Gasteiger partial charge in [-0.25, -0.2) is 0 Å². The predicted molar refractivity (Wildman–Crippen MR) is 78.7 cm³/mol. The van der Waals surface area contributed by atoms with Crippen molar-refractivity contribution in [3.63, 3.8) is 0 Å². The van der Waals surface area contributed by atoms with Crippen LogP contribution in [-0.2, 0) is 14.3 Å². The van der Waals surface area contributed by atoms with Crippen molar-refractivity contribution in [2.24, 2.45) is 0 Å². The van der Waals surface area contributed by atoms with Crippen LogP contribution >= 0.6 is 23.2 Å². The minimum absolute atomic E-state index is 0.243. The maximum Gasteiger partial charge on any atom is 0.221 e. The summed E-state index contributed by atoms with van der Waals surface area (Å²) in [5.74, 6) is 0. The first-order chi connectivity index (χ1) is 9.13. The topological polar surface area (TPSA) is 43.4 Å². The van der Waals surface area contributed by atoms with Crippen molar-refractivity contribution in [1.29, 1.82) is 0 Å². The fourth-order valence-electron chi connectivity index (χ4n) is 1.75. The lowest BCUT2D eigenvalue weighted by atomic mass is 10.1. The number of ether oxygens (including phenoxy) is 1. The van der Waals surface area contributed by atoms with Crippen molar-refractivity contribution in [3.05, 3.63) is 0 Å². The maximum atomic E-state index is 10.5. The molecule has 3 nitrogen and oxygen atoms in total. The Hall–Kier alpha value is -0.120. The van der Waals surface area contributed by atoms with Gasteiger partial charge in [-0.15, -0.1) is 0 Å². The fraction of sp³-hybridized carbons (Fsp3) is 0.857. The number of hydrogen-bond acceptors (Lipinski definition) is 3. The van der Waals surface area contributed by atoms with E-state index in [0.717, 1.165) is 64.6 Å². The van der Waals surface area contributed by atoms with E-state index in [9.17, 15) is 9.59 Å². The zero-order valence-corrected chi connectivity index (χ0v) is 13.0. The van der Waals surface area contributed by atoms with Gasteiger partial charge in [0.25, 0.3) is 0 Å². The molecule has 0 heterocycles. The van der Waals surface area contributed by atoms with Gasteiger partial charge in [-0.05, 0) is 48.9 Å². The van der Waals surface area contributed by atoms with Crippen molar-refractivity contribution in [1.82, 2.24) is 0 Å². The smallest absolute Gasteiger partial charge is 0.221 e. The Morgan fingerprint density at radius 3 is 1.37 bits per heavy atom. The molecule has 0 aliphatic carbocycles. The average molecular weight is 311 g/mol. The second-order valence-corrected chi connectivity index (χ2v) is 5.49. The van der Waals surface area contributed by atoms with Crippen LogP contribution in [0.15, 0.2) is 0 Å². The van der Waals surface area contributed by atoms with Crippen LogP contribution in [-0.4, -0.2) is 23.7 Å². The van der Waals surface area contributed by atoms with E-state index in [1.807, 2.05) is 0 Å². The maximum absolute atomic E-state index is 10.5. The molecule has 0 saturated carbocycles. The standard InChI is InChI=1S/C14H24Cl2O3/c15-13(17)9-5-1-3-7-11-19-12-8-4-2-6-10-14(16)18/h1-12H2. The van der Waals surface area contributed by atoms with Gasteiger partial charge in [0.15, 0.2) is 0 Å². The van der Waals surface area contributed by atoms with E-state index >= 15 is 0 Å². The molecule has 0 rings (SSSR count). The number of rotatable bonds is 14. The van der Waals surface area contributed by atoms with E-state index < -0.39 is 0 Å². The molecule has 0 aromatic carbocycles. The molecule has 0 unspecified atom stereocenters. The van der Waals surface area contributed by atoms with Crippen LogP contribution in [0.2, 0.25) is 0 Å². The molecule has 0 aliphatic rings. The van der Waals surface area contributed by atoms with Gasteiger partial charge in [0.2, 0.25) is 10.5 Å². The second-order valence-electron chi connectivity index (χ2n) is 4.65. The van der Waals surface area contributed by atoms with Crippen molar-refractivity contribution in [2.45, 2.75) is 64.2 Å². The molecule has 0 spiro atoms. The van der Waals surface area contributed by atoms with E-state index in [-0.39, 0.29) is 10.5 Å². The molecule has 5 heteroatoms. The van der Waals surface area contributed by atoms with Crippen molar-refractivity contribution < 1.29 is 14.3 Å². The van der Waals surface area contributed by atoms with E-state index in [4.69, 9.17) is 27.9 Å². The summed E-state index contributed by atoms with van der Waals surface area (Å²) in [6.07, 6.45) is 9.03. The van der Waals surface area contributed by atoms with Gasteiger partial charge in [0, 0.05) is 26.1 Å². The van der Waals surface area contributed by atoms with Crippen LogP contribution in [0.3, 0.4) is 0 Å². The molecule has 0 bridgehead atoms. The summed E-state index contributed by atoms with van der Waals surface area (Å²) in [7, 11) is 0. The summed E-state index contributed by atoms with van der Waals surface area (Å²) in [4.78, 5) is 21.0. The quantitative estimate of drug-likeness (QED) is 0.352. The van der Waals surface area contributed by atoms with Crippen LogP contribution in [0.4, 0.5) is 0 Å². The number of halogens is 2. The highest BCUT2D eigenvalue weighted by molar-refractivity contribution is 6.63. The van der Waals surface area contributed by atoms with E-state index in [0.29, 0.717) is 12.8 Å². The van der Waals surface area contributed by atoms with Gasteiger partial charge < -0.3 is 4.74 Å². The molecule has 0 atom stereocenters. The Kier molecular flexibility index (Phi) is 14.2. The van der Waals surface area contributed by atoms with Gasteiger partial charge in [-0.1, -0.05) is 25.7 Å². The first kappa shape index (κ1) is 18.9. The number of hydrogen-bond donors (Lipinski definition) is 0. The molecule has 0 N–H and O–H groups in total. The predicted octanol–water partition coefficient (Wildman–Crippen LogP) is 4.43. The lowest BCUT2D eigenvalue weighted by molar-refractivity contribution is -0.112. The van der Waals surface area contributed by atoms with Gasteiger partial charge in [0.1, 0.15) is 0 Å². The van der Waals surface area contributed by atoms with Crippen molar-refractivity contribution in [2.75, 3.05) is 13.2 Å². The molecule has 112 valence electrons. The summed E-state index contributed by atoms with van der Waals surface area (Å²) in [6.45, 7) is 1.57. The Morgan fingerprint density at radius 2 is 1.00 bits per heavy atom. The summed E-state index contributed by atoms with van der Waals surface area (Å²) in [5, 5.41) is -0.487. The highest BCUT2D eigenvalue weighted by Gasteiger charge is 1.97. The Bertz CT molecular complexity index is 221. The summed E-state index contributed by atoms with van der Waals surface area (Å²) in [5.41, 5.74) is 0. The number of unbranched alkanes of at least 4 members (excludes halogenated alkanes) is 6. The molecule has 0 fully saturated rings. The normalized spacial score (nSPS) is 10.6. The minimum Gasteiger partial charge on any atom is -0.381 e. The molecule has 0 radical (unpaired) electrons. The fourth-order valence-corrected chi connectivity index (χ4v) is 2.01. The Labute approximate surface area is 126 Å².